The van der Waals surface area contributed by atoms with Crippen LogP contribution in [0.1, 0.15) is 31.4 Å². The SMILES string of the molecule is CCOc1cc2c(cc1OCC)C[NH+](CN1C(=O)CCNC1=O)CC2. The summed E-state index contributed by atoms with van der Waals surface area (Å²) in [5, 5.41) is 2.73. The number of benzene rings is 1. The molecule has 1 saturated heterocycles. The first kappa shape index (κ1) is 17.5. The topological polar surface area (TPSA) is 72.3 Å². The molecule has 3 rings (SSSR count). The highest BCUT2D eigenvalue weighted by Gasteiger charge is 2.31. The summed E-state index contributed by atoms with van der Waals surface area (Å²) in [6.07, 6.45) is 1.27. The molecule has 1 aromatic carbocycles. The lowest BCUT2D eigenvalue weighted by Gasteiger charge is -2.32. The summed E-state index contributed by atoms with van der Waals surface area (Å²) in [6, 6.07) is 3.83. The number of urea groups is 1. The molecule has 2 heterocycles. The highest BCUT2D eigenvalue weighted by molar-refractivity contribution is 5.96. The Hall–Kier alpha value is -2.28. The molecular weight excluding hydrogens is 322 g/mol. The van der Waals surface area contributed by atoms with Crippen molar-refractivity contribution in [1.29, 1.82) is 0 Å². The molecule has 0 spiro atoms. The summed E-state index contributed by atoms with van der Waals surface area (Å²) in [6.45, 7) is 7.57. The van der Waals surface area contributed by atoms with Crippen LogP contribution in [0.3, 0.4) is 0 Å². The number of amides is 3. The number of ether oxygens (including phenoxy) is 2. The van der Waals surface area contributed by atoms with E-state index in [9.17, 15) is 9.59 Å². The largest absolute Gasteiger partial charge is 0.490 e. The number of carbonyl (C=O) groups excluding carboxylic acids is 2. The van der Waals surface area contributed by atoms with Crippen molar-refractivity contribution in [3.8, 4) is 11.5 Å². The molecule has 0 bridgehead atoms. The van der Waals surface area contributed by atoms with E-state index in [1.807, 2.05) is 19.9 Å². The molecule has 25 heavy (non-hydrogen) atoms. The quantitative estimate of drug-likeness (QED) is 0.777. The molecule has 0 aromatic heterocycles. The summed E-state index contributed by atoms with van der Waals surface area (Å²) < 4.78 is 11.4. The van der Waals surface area contributed by atoms with Crippen molar-refractivity contribution in [2.45, 2.75) is 33.2 Å². The lowest BCUT2D eigenvalue weighted by molar-refractivity contribution is -0.923. The number of nitrogens with zero attached hydrogens (tertiary/aromatic N) is 1. The van der Waals surface area contributed by atoms with Crippen molar-refractivity contribution in [2.75, 3.05) is 33.0 Å². The highest BCUT2D eigenvalue weighted by atomic mass is 16.5. The van der Waals surface area contributed by atoms with Gasteiger partial charge in [0.05, 0.1) is 19.8 Å². The van der Waals surface area contributed by atoms with Gasteiger partial charge in [-0.25, -0.2) is 9.69 Å². The van der Waals surface area contributed by atoms with E-state index in [1.54, 1.807) is 0 Å². The number of hydrogen-bond donors (Lipinski definition) is 2. The molecular formula is C18H26N3O4+. The molecule has 1 unspecified atom stereocenters. The predicted molar refractivity (Wildman–Crippen MR) is 91.7 cm³/mol. The second kappa shape index (κ2) is 7.74. The van der Waals surface area contributed by atoms with Crippen LogP contribution in [-0.4, -0.2) is 49.8 Å². The first-order valence-electron chi connectivity index (χ1n) is 8.95. The average molecular weight is 348 g/mol. The predicted octanol–water partition coefficient (Wildman–Crippen LogP) is 0.324. The van der Waals surface area contributed by atoms with Gasteiger partial charge in [-0.1, -0.05) is 0 Å². The van der Waals surface area contributed by atoms with Crippen molar-refractivity contribution >= 4 is 11.9 Å². The van der Waals surface area contributed by atoms with E-state index >= 15 is 0 Å². The van der Waals surface area contributed by atoms with Crippen molar-refractivity contribution in [2.24, 2.45) is 0 Å². The Morgan fingerprint density at radius 1 is 1.08 bits per heavy atom. The average Bonchev–Trinajstić information content (AvgIpc) is 2.59. The van der Waals surface area contributed by atoms with Gasteiger partial charge in [-0.05, 0) is 31.5 Å². The van der Waals surface area contributed by atoms with Crippen LogP contribution in [0.15, 0.2) is 12.1 Å². The van der Waals surface area contributed by atoms with Gasteiger partial charge in [-0.2, -0.15) is 0 Å². The fourth-order valence-electron chi connectivity index (χ4n) is 3.39. The van der Waals surface area contributed by atoms with Crippen molar-refractivity contribution in [3.05, 3.63) is 23.3 Å². The Morgan fingerprint density at radius 2 is 1.76 bits per heavy atom. The van der Waals surface area contributed by atoms with Crippen LogP contribution in [0.2, 0.25) is 0 Å². The van der Waals surface area contributed by atoms with Gasteiger partial charge >= 0.3 is 6.03 Å². The fraction of sp³-hybridized carbons (Fsp3) is 0.556. The summed E-state index contributed by atoms with van der Waals surface area (Å²) in [7, 11) is 0. The van der Waals surface area contributed by atoms with Gasteiger partial charge in [0.25, 0.3) is 0 Å². The maximum atomic E-state index is 12.0. The minimum Gasteiger partial charge on any atom is -0.490 e. The number of imide groups is 1. The van der Waals surface area contributed by atoms with E-state index in [0.717, 1.165) is 31.0 Å². The molecule has 7 heteroatoms. The normalized spacial score (nSPS) is 20.1. The Morgan fingerprint density at radius 3 is 2.40 bits per heavy atom. The molecule has 1 atom stereocenters. The number of nitrogens with one attached hydrogen (secondary N) is 2. The van der Waals surface area contributed by atoms with Crippen LogP contribution in [0.5, 0.6) is 11.5 Å². The number of fused-ring (bicyclic) bond motifs is 1. The molecule has 2 N–H and O–H groups in total. The third-order valence-corrected chi connectivity index (χ3v) is 4.60. The standard InChI is InChI=1S/C18H25N3O4/c1-3-24-15-9-13-6-8-20(11-14(13)10-16(15)25-4-2)12-21-17(22)5-7-19-18(21)23/h9-10H,3-8,11-12H2,1-2H3,(H,19,23)/p+1. The zero-order valence-electron chi connectivity index (χ0n) is 14.9. The van der Waals surface area contributed by atoms with E-state index in [-0.39, 0.29) is 11.9 Å². The van der Waals surface area contributed by atoms with Gasteiger partial charge in [-0.15, -0.1) is 0 Å². The third kappa shape index (κ3) is 3.87. The maximum absolute atomic E-state index is 12.0. The Balaban J connectivity index is 1.75. The van der Waals surface area contributed by atoms with Gasteiger partial charge in [0.15, 0.2) is 18.2 Å². The molecule has 2 aliphatic rings. The Bertz CT molecular complexity index is 646. The smallest absolute Gasteiger partial charge is 0.328 e. The van der Waals surface area contributed by atoms with Gasteiger partial charge < -0.3 is 19.7 Å². The van der Waals surface area contributed by atoms with Gasteiger partial charge in [-0.3, -0.25) is 4.79 Å². The number of rotatable bonds is 6. The third-order valence-electron chi connectivity index (χ3n) is 4.60. The minimum absolute atomic E-state index is 0.0938. The van der Waals surface area contributed by atoms with E-state index in [1.165, 1.54) is 20.9 Å². The van der Waals surface area contributed by atoms with E-state index < -0.39 is 0 Å². The molecule has 0 radical (unpaired) electrons. The van der Waals surface area contributed by atoms with E-state index in [4.69, 9.17) is 9.47 Å². The summed E-state index contributed by atoms with van der Waals surface area (Å²) in [5.74, 6) is 1.46. The Labute approximate surface area is 147 Å². The molecule has 0 aliphatic carbocycles. The molecule has 136 valence electrons. The van der Waals surface area contributed by atoms with Crippen LogP contribution >= 0.6 is 0 Å². The lowest BCUT2D eigenvalue weighted by atomic mass is 9.99. The van der Waals surface area contributed by atoms with Crippen molar-refractivity contribution < 1.29 is 24.0 Å². The van der Waals surface area contributed by atoms with E-state index in [0.29, 0.717) is 32.8 Å². The molecule has 3 amide bonds. The second-order valence-corrected chi connectivity index (χ2v) is 6.32. The zero-order valence-corrected chi connectivity index (χ0v) is 14.9. The summed E-state index contributed by atoms with van der Waals surface area (Å²) in [4.78, 5) is 26.5. The van der Waals surface area contributed by atoms with Crippen molar-refractivity contribution in [3.63, 3.8) is 0 Å². The van der Waals surface area contributed by atoms with Crippen LogP contribution in [0.4, 0.5) is 4.79 Å². The first-order valence-corrected chi connectivity index (χ1v) is 8.95. The summed E-state index contributed by atoms with van der Waals surface area (Å²) in [5.41, 5.74) is 2.45. The molecule has 1 aromatic rings. The van der Waals surface area contributed by atoms with Gasteiger partial charge in [0, 0.05) is 24.9 Å². The molecule has 1 fully saturated rings. The number of quaternary nitrogens is 1. The number of hydrogen-bond acceptors (Lipinski definition) is 4. The van der Waals surface area contributed by atoms with Crippen LogP contribution in [-0.2, 0) is 17.8 Å². The van der Waals surface area contributed by atoms with Crippen molar-refractivity contribution in [1.82, 2.24) is 10.2 Å². The monoisotopic (exact) mass is 348 g/mol. The van der Waals surface area contributed by atoms with Gasteiger partial charge in [0.1, 0.15) is 6.54 Å². The number of carbonyl (C=O) groups is 2. The maximum Gasteiger partial charge on any atom is 0.328 e. The van der Waals surface area contributed by atoms with Crippen LogP contribution in [0, 0.1) is 0 Å². The minimum atomic E-state index is -0.281. The second-order valence-electron chi connectivity index (χ2n) is 6.32. The molecule has 2 aliphatic heterocycles. The summed E-state index contributed by atoms with van der Waals surface area (Å²) >= 11 is 0. The fourth-order valence-corrected chi connectivity index (χ4v) is 3.39. The van der Waals surface area contributed by atoms with Gasteiger partial charge in [0.2, 0.25) is 5.91 Å². The first-order chi connectivity index (χ1) is 12.1. The lowest BCUT2D eigenvalue weighted by Crippen LogP contribution is -3.13. The highest BCUT2D eigenvalue weighted by Crippen LogP contribution is 2.32. The van der Waals surface area contributed by atoms with E-state index in [2.05, 4.69) is 11.4 Å². The zero-order chi connectivity index (χ0) is 17.8. The van der Waals surface area contributed by atoms with Crippen LogP contribution in [0.25, 0.3) is 0 Å². The van der Waals surface area contributed by atoms with Crippen LogP contribution < -0.4 is 19.7 Å². The Kier molecular flexibility index (Phi) is 5.43. The molecule has 7 nitrogen and oxygen atoms in total. The molecule has 0 saturated carbocycles.